The molecule has 0 aliphatic rings. The van der Waals surface area contributed by atoms with E-state index in [0.29, 0.717) is 10.3 Å². The fraction of sp³-hybridized carbons (Fsp3) is 0.105. The maximum atomic E-state index is 13.2. The van der Waals surface area contributed by atoms with Crippen LogP contribution < -0.4 is 0 Å². The second kappa shape index (κ2) is 6.69. The first-order chi connectivity index (χ1) is 11.8. The highest BCUT2D eigenvalue weighted by Gasteiger charge is 2.14. The number of hydrogen-bond acceptors (Lipinski definition) is 3. The van der Waals surface area contributed by atoms with Crippen LogP contribution >= 0.6 is 15.9 Å². The fourth-order valence-corrected chi connectivity index (χ4v) is 3.44. The van der Waals surface area contributed by atoms with Gasteiger partial charge in [0.2, 0.25) is 0 Å². The lowest BCUT2D eigenvalue weighted by atomic mass is 9.98. The molecule has 0 atom stereocenters. The topological polar surface area (TPSA) is 47.0 Å². The number of aryl methyl sites for hydroxylation is 1. The van der Waals surface area contributed by atoms with Crippen molar-refractivity contribution in [3.63, 3.8) is 0 Å². The van der Waals surface area contributed by atoms with E-state index in [9.17, 15) is 12.8 Å². The van der Waals surface area contributed by atoms with Gasteiger partial charge in [-0.15, -0.1) is 0 Å². The minimum atomic E-state index is -3.25. The van der Waals surface area contributed by atoms with Gasteiger partial charge in [-0.2, -0.15) is 0 Å². The molecule has 0 aliphatic carbocycles. The molecule has 1 aromatic heterocycles. The van der Waals surface area contributed by atoms with Gasteiger partial charge in [0, 0.05) is 17.4 Å². The van der Waals surface area contributed by atoms with Crippen molar-refractivity contribution >= 4 is 25.8 Å². The summed E-state index contributed by atoms with van der Waals surface area (Å²) in [4.78, 5) is 4.86. The van der Waals surface area contributed by atoms with Gasteiger partial charge in [-0.25, -0.2) is 17.8 Å². The lowest BCUT2D eigenvalue weighted by Gasteiger charge is -2.12. The molecule has 0 unspecified atom stereocenters. The molecule has 128 valence electrons. The fourth-order valence-electron chi connectivity index (χ4n) is 2.52. The third kappa shape index (κ3) is 3.80. The standard InChI is InChI=1S/C19H15BrFNO2S/c1-12-11-17(13-5-9-16(10-6-13)25(2,23)24)18(22-19(12)20)14-3-7-15(21)8-4-14/h3-11H,1-2H3. The second-order valence-corrected chi connectivity index (χ2v) is 8.56. The molecule has 0 bridgehead atoms. The van der Waals surface area contributed by atoms with Gasteiger partial charge in [0.25, 0.3) is 0 Å². The first kappa shape index (κ1) is 17.8. The van der Waals surface area contributed by atoms with Crippen LogP contribution in [-0.2, 0) is 9.84 Å². The summed E-state index contributed by atoms with van der Waals surface area (Å²) in [5.41, 5.74) is 4.13. The van der Waals surface area contributed by atoms with E-state index in [1.165, 1.54) is 18.4 Å². The number of rotatable bonds is 3. The van der Waals surface area contributed by atoms with Crippen LogP contribution in [-0.4, -0.2) is 19.7 Å². The third-order valence-corrected chi connectivity index (χ3v) is 5.79. The molecule has 25 heavy (non-hydrogen) atoms. The summed E-state index contributed by atoms with van der Waals surface area (Å²) < 4.78 is 37.2. The molecular formula is C19H15BrFNO2S. The Morgan fingerprint density at radius 1 is 0.960 bits per heavy atom. The summed E-state index contributed by atoms with van der Waals surface area (Å²) >= 11 is 3.44. The molecule has 3 aromatic rings. The SMILES string of the molecule is Cc1cc(-c2ccc(S(C)(=O)=O)cc2)c(-c2ccc(F)cc2)nc1Br. The lowest BCUT2D eigenvalue weighted by Crippen LogP contribution is -1.97. The van der Waals surface area contributed by atoms with Gasteiger partial charge in [0.1, 0.15) is 10.4 Å². The minimum absolute atomic E-state index is 0.265. The largest absolute Gasteiger partial charge is 0.240 e. The predicted molar refractivity (Wildman–Crippen MR) is 101 cm³/mol. The summed E-state index contributed by atoms with van der Waals surface area (Å²) in [6, 6.07) is 14.8. The summed E-state index contributed by atoms with van der Waals surface area (Å²) in [5.74, 6) is -0.311. The monoisotopic (exact) mass is 419 g/mol. The smallest absolute Gasteiger partial charge is 0.175 e. The van der Waals surface area contributed by atoms with Gasteiger partial charge in [-0.3, -0.25) is 0 Å². The molecule has 0 fully saturated rings. The van der Waals surface area contributed by atoms with Gasteiger partial charge in [0.15, 0.2) is 9.84 Å². The van der Waals surface area contributed by atoms with Gasteiger partial charge >= 0.3 is 0 Å². The molecule has 0 aliphatic heterocycles. The Kier molecular flexibility index (Phi) is 4.75. The molecule has 1 heterocycles. The second-order valence-electron chi connectivity index (χ2n) is 5.80. The Bertz CT molecular complexity index is 1030. The first-order valence-corrected chi connectivity index (χ1v) is 10.2. The lowest BCUT2D eigenvalue weighted by molar-refractivity contribution is 0.602. The Hall–Kier alpha value is -2.05. The normalized spacial score (nSPS) is 11.5. The van der Waals surface area contributed by atoms with Gasteiger partial charge in [-0.05, 0) is 76.4 Å². The molecule has 3 rings (SSSR count). The highest BCUT2D eigenvalue weighted by atomic mass is 79.9. The van der Waals surface area contributed by atoms with E-state index < -0.39 is 9.84 Å². The van der Waals surface area contributed by atoms with Crippen molar-refractivity contribution in [2.75, 3.05) is 6.26 Å². The molecule has 0 N–H and O–H groups in total. The molecular weight excluding hydrogens is 405 g/mol. The molecule has 3 nitrogen and oxygen atoms in total. The quantitative estimate of drug-likeness (QED) is 0.559. The van der Waals surface area contributed by atoms with E-state index in [1.54, 1.807) is 36.4 Å². The van der Waals surface area contributed by atoms with Crippen molar-refractivity contribution in [3.8, 4) is 22.4 Å². The molecule has 0 spiro atoms. The molecule has 2 aromatic carbocycles. The van der Waals surface area contributed by atoms with E-state index in [4.69, 9.17) is 0 Å². The van der Waals surface area contributed by atoms with Crippen molar-refractivity contribution < 1.29 is 12.8 Å². The van der Waals surface area contributed by atoms with Crippen LogP contribution in [0.3, 0.4) is 0 Å². The maximum Gasteiger partial charge on any atom is 0.175 e. The van der Waals surface area contributed by atoms with Crippen molar-refractivity contribution in [2.24, 2.45) is 0 Å². The van der Waals surface area contributed by atoms with Crippen LogP contribution in [0.1, 0.15) is 5.56 Å². The Balaban J connectivity index is 2.18. The number of nitrogens with zero attached hydrogens (tertiary/aromatic N) is 1. The third-order valence-electron chi connectivity index (χ3n) is 3.86. The van der Waals surface area contributed by atoms with Crippen molar-refractivity contribution in [2.45, 2.75) is 11.8 Å². The Labute approximate surface area is 154 Å². The van der Waals surface area contributed by atoms with Crippen LogP contribution in [0.4, 0.5) is 4.39 Å². The number of hydrogen-bond donors (Lipinski definition) is 0. The Morgan fingerprint density at radius 3 is 2.08 bits per heavy atom. The number of halogens is 2. The first-order valence-electron chi connectivity index (χ1n) is 7.49. The van der Waals surface area contributed by atoms with Crippen LogP contribution in [0.5, 0.6) is 0 Å². The van der Waals surface area contributed by atoms with Crippen LogP contribution in [0.15, 0.2) is 64.1 Å². The zero-order valence-electron chi connectivity index (χ0n) is 13.6. The zero-order chi connectivity index (χ0) is 18.2. The van der Waals surface area contributed by atoms with Gasteiger partial charge in [0.05, 0.1) is 10.6 Å². The van der Waals surface area contributed by atoms with Crippen molar-refractivity contribution in [1.82, 2.24) is 4.98 Å². The summed E-state index contributed by atoms with van der Waals surface area (Å²) in [6.45, 7) is 1.93. The van der Waals surface area contributed by atoms with Gasteiger partial charge < -0.3 is 0 Å². The van der Waals surface area contributed by atoms with Crippen molar-refractivity contribution in [3.05, 3.63) is 70.6 Å². The van der Waals surface area contributed by atoms with Gasteiger partial charge in [-0.1, -0.05) is 12.1 Å². The van der Waals surface area contributed by atoms with Crippen LogP contribution in [0.25, 0.3) is 22.4 Å². The summed E-state index contributed by atoms with van der Waals surface area (Å²) in [7, 11) is -3.25. The molecule has 0 saturated heterocycles. The minimum Gasteiger partial charge on any atom is -0.240 e. The highest BCUT2D eigenvalue weighted by molar-refractivity contribution is 9.10. The van der Waals surface area contributed by atoms with Crippen LogP contribution in [0.2, 0.25) is 0 Å². The number of benzene rings is 2. The van der Waals surface area contributed by atoms with E-state index in [1.807, 2.05) is 13.0 Å². The van der Waals surface area contributed by atoms with E-state index in [2.05, 4.69) is 20.9 Å². The molecule has 0 amide bonds. The van der Waals surface area contributed by atoms with E-state index >= 15 is 0 Å². The maximum absolute atomic E-state index is 13.2. The highest BCUT2D eigenvalue weighted by Crippen LogP contribution is 2.34. The average molecular weight is 420 g/mol. The van der Waals surface area contributed by atoms with E-state index in [-0.39, 0.29) is 10.7 Å². The molecule has 6 heteroatoms. The molecule has 0 saturated carbocycles. The van der Waals surface area contributed by atoms with E-state index in [0.717, 1.165) is 22.3 Å². The molecule has 0 radical (unpaired) electrons. The van der Waals surface area contributed by atoms with Crippen molar-refractivity contribution in [1.29, 1.82) is 0 Å². The van der Waals surface area contributed by atoms with Crippen LogP contribution in [0, 0.1) is 12.7 Å². The number of aromatic nitrogens is 1. The zero-order valence-corrected chi connectivity index (χ0v) is 16.0. The number of pyridine rings is 1. The predicted octanol–water partition coefficient (Wildman–Crippen LogP) is 5.03. The average Bonchev–Trinajstić information content (AvgIpc) is 2.57. The Morgan fingerprint density at radius 2 is 1.52 bits per heavy atom. The number of sulfone groups is 1. The summed E-state index contributed by atoms with van der Waals surface area (Å²) in [6.07, 6.45) is 1.18. The summed E-state index contributed by atoms with van der Waals surface area (Å²) in [5, 5.41) is 0.